The molecule has 1 aromatic rings. The minimum atomic E-state index is -4.28. The van der Waals surface area contributed by atoms with Crippen LogP contribution in [0.3, 0.4) is 0 Å². The smallest absolute Gasteiger partial charge is 0.379 e. The molecule has 10 heteroatoms. The van der Waals surface area contributed by atoms with Crippen molar-refractivity contribution in [3.8, 4) is 0 Å². The lowest BCUT2D eigenvalue weighted by molar-refractivity contribution is -0.384. The summed E-state index contributed by atoms with van der Waals surface area (Å²) in [7, 11) is -3.60. The average Bonchev–Trinajstić information content (AvgIpc) is 2.32. The van der Waals surface area contributed by atoms with Gasteiger partial charge in [0.05, 0.1) is 9.82 Å². The number of benzene rings is 1. The summed E-state index contributed by atoms with van der Waals surface area (Å²) in [4.78, 5) is 9.87. The van der Waals surface area contributed by atoms with Crippen molar-refractivity contribution in [1.29, 1.82) is 0 Å². The normalized spacial score (nSPS) is 12.2. The highest BCUT2D eigenvalue weighted by molar-refractivity contribution is 7.90. The predicted molar refractivity (Wildman–Crippen MR) is 70.0 cm³/mol. The summed E-state index contributed by atoms with van der Waals surface area (Å²) in [6.45, 7) is -0.113. The Kier molecular flexibility index (Phi) is 5.15. The molecular formula is C11H13F3N2O4S. The SMILES string of the molecule is CS(=O)(=O)c1ccc(NCCCC(F)(F)F)c([N+](=O)[O-])c1. The van der Waals surface area contributed by atoms with Crippen molar-refractivity contribution in [2.45, 2.75) is 23.9 Å². The van der Waals surface area contributed by atoms with Crippen LogP contribution in [0.2, 0.25) is 0 Å². The first kappa shape index (κ1) is 17.2. The Morgan fingerprint density at radius 2 is 1.95 bits per heavy atom. The Balaban J connectivity index is 2.86. The van der Waals surface area contributed by atoms with Gasteiger partial charge in [0, 0.05) is 25.3 Å². The van der Waals surface area contributed by atoms with Crippen molar-refractivity contribution < 1.29 is 26.5 Å². The van der Waals surface area contributed by atoms with Gasteiger partial charge in [0.25, 0.3) is 5.69 Å². The van der Waals surface area contributed by atoms with Crippen molar-refractivity contribution in [3.63, 3.8) is 0 Å². The summed E-state index contributed by atoms with van der Waals surface area (Å²) in [6, 6.07) is 3.21. The number of anilines is 1. The molecule has 0 radical (unpaired) electrons. The van der Waals surface area contributed by atoms with Crippen LogP contribution in [0.5, 0.6) is 0 Å². The number of nitrogens with zero attached hydrogens (tertiary/aromatic N) is 1. The maximum absolute atomic E-state index is 12.0. The van der Waals surface area contributed by atoms with Gasteiger partial charge in [0.1, 0.15) is 5.69 Å². The maximum Gasteiger partial charge on any atom is 0.389 e. The Hall–Kier alpha value is -1.84. The molecule has 0 amide bonds. The molecule has 1 N–H and O–H groups in total. The summed E-state index contributed by atoms with van der Waals surface area (Å²) < 4.78 is 58.6. The van der Waals surface area contributed by atoms with E-state index in [1.54, 1.807) is 0 Å². The quantitative estimate of drug-likeness (QED) is 0.493. The molecule has 6 nitrogen and oxygen atoms in total. The van der Waals surface area contributed by atoms with E-state index in [2.05, 4.69) is 5.32 Å². The highest BCUT2D eigenvalue weighted by Crippen LogP contribution is 2.28. The van der Waals surface area contributed by atoms with Crippen molar-refractivity contribution in [2.24, 2.45) is 0 Å². The summed E-state index contributed by atoms with van der Waals surface area (Å²) in [6.07, 6.45) is -4.63. The van der Waals surface area contributed by atoms with Crippen molar-refractivity contribution in [2.75, 3.05) is 18.1 Å². The lowest BCUT2D eigenvalue weighted by atomic mass is 10.2. The molecule has 0 fully saturated rings. The molecule has 1 aromatic carbocycles. The van der Waals surface area contributed by atoms with Crippen LogP contribution >= 0.6 is 0 Å². The van der Waals surface area contributed by atoms with E-state index in [4.69, 9.17) is 0 Å². The Morgan fingerprint density at radius 1 is 1.33 bits per heavy atom. The highest BCUT2D eigenvalue weighted by atomic mass is 32.2. The fraction of sp³-hybridized carbons (Fsp3) is 0.455. The number of nitro groups is 1. The van der Waals surface area contributed by atoms with Crippen molar-refractivity contribution in [3.05, 3.63) is 28.3 Å². The van der Waals surface area contributed by atoms with Crippen LogP contribution < -0.4 is 5.32 Å². The number of nitro benzene ring substituents is 1. The minimum absolute atomic E-state index is 0.0189. The van der Waals surface area contributed by atoms with Crippen molar-refractivity contribution >= 4 is 21.2 Å². The third-order valence-corrected chi connectivity index (χ3v) is 3.66. The first-order valence-corrected chi connectivity index (χ1v) is 7.69. The topological polar surface area (TPSA) is 89.3 Å². The largest absolute Gasteiger partial charge is 0.389 e. The molecule has 0 bridgehead atoms. The van der Waals surface area contributed by atoms with Crippen LogP contribution in [-0.2, 0) is 9.84 Å². The minimum Gasteiger partial charge on any atom is -0.379 e. The Bertz CT molecular complexity index is 629. The van der Waals surface area contributed by atoms with E-state index in [0.29, 0.717) is 0 Å². The van der Waals surface area contributed by atoms with Gasteiger partial charge in [-0.2, -0.15) is 13.2 Å². The maximum atomic E-state index is 12.0. The van der Waals surface area contributed by atoms with E-state index in [0.717, 1.165) is 18.4 Å². The summed E-state index contributed by atoms with van der Waals surface area (Å²) >= 11 is 0. The van der Waals surface area contributed by atoms with Gasteiger partial charge in [0.2, 0.25) is 0 Å². The standard InChI is InChI=1S/C11H13F3N2O4S/c1-21(19,20)8-3-4-9(10(7-8)16(17)18)15-6-2-5-11(12,13)14/h3-4,7,15H,2,5-6H2,1H3. The van der Waals surface area contributed by atoms with Gasteiger partial charge < -0.3 is 5.32 Å². The molecule has 0 aliphatic rings. The van der Waals surface area contributed by atoms with Crippen LogP contribution in [0.1, 0.15) is 12.8 Å². The van der Waals surface area contributed by atoms with Crippen LogP contribution in [0.25, 0.3) is 0 Å². The number of rotatable bonds is 6. The molecule has 1 rings (SSSR count). The number of sulfone groups is 1. The van der Waals surface area contributed by atoms with Gasteiger partial charge >= 0.3 is 6.18 Å². The van der Waals surface area contributed by atoms with Crippen LogP contribution in [-0.4, -0.2) is 32.3 Å². The summed E-state index contributed by atoms with van der Waals surface area (Å²) in [5.74, 6) is 0. The van der Waals surface area contributed by atoms with Crippen LogP contribution in [0.15, 0.2) is 23.1 Å². The first-order valence-electron chi connectivity index (χ1n) is 5.80. The highest BCUT2D eigenvalue weighted by Gasteiger charge is 2.26. The zero-order chi connectivity index (χ0) is 16.3. The van der Waals surface area contributed by atoms with E-state index in [1.807, 2.05) is 0 Å². The zero-order valence-electron chi connectivity index (χ0n) is 11.0. The zero-order valence-corrected chi connectivity index (χ0v) is 11.8. The van der Waals surface area contributed by atoms with E-state index >= 15 is 0 Å². The monoisotopic (exact) mass is 326 g/mol. The molecule has 118 valence electrons. The van der Waals surface area contributed by atoms with Gasteiger partial charge in [-0.05, 0) is 18.6 Å². The molecule has 21 heavy (non-hydrogen) atoms. The molecule has 0 saturated carbocycles. The summed E-state index contributed by atoms with van der Waals surface area (Å²) in [5.41, 5.74) is -0.514. The first-order chi connectivity index (χ1) is 9.50. The number of hydrogen-bond acceptors (Lipinski definition) is 5. The molecule has 0 aromatic heterocycles. The van der Waals surface area contributed by atoms with Gasteiger partial charge in [-0.1, -0.05) is 0 Å². The molecule has 0 heterocycles. The second kappa shape index (κ2) is 6.29. The number of alkyl halides is 3. The van der Waals surface area contributed by atoms with E-state index in [1.165, 1.54) is 6.07 Å². The van der Waals surface area contributed by atoms with Gasteiger partial charge in [-0.3, -0.25) is 10.1 Å². The molecule has 0 atom stereocenters. The number of halogens is 3. The Morgan fingerprint density at radius 3 is 2.43 bits per heavy atom. The fourth-order valence-electron chi connectivity index (χ4n) is 1.55. The predicted octanol–water partition coefficient (Wildman–Crippen LogP) is 2.75. The molecular weight excluding hydrogens is 313 g/mol. The average molecular weight is 326 g/mol. The number of nitrogens with one attached hydrogen (secondary N) is 1. The molecule has 0 aliphatic carbocycles. The fourth-order valence-corrected chi connectivity index (χ4v) is 2.20. The molecule has 0 aliphatic heterocycles. The lowest BCUT2D eigenvalue weighted by Gasteiger charge is -2.09. The second-order valence-electron chi connectivity index (χ2n) is 4.35. The van der Waals surface area contributed by atoms with E-state index in [-0.39, 0.29) is 23.5 Å². The third-order valence-electron chi connectivity index (χ3n) is 2.55. The van der Waals surface area contributed by atoms with Gasteiger partial charge in [-0.25, -0.2) is 8.42 Å². The molecule has 0 spiro atoms. The van der Waals surface area contributed by atoms with E-state index in [9.17, 15) is 31.7 Å². The van der Waals surface area contributed by atoms with E-state index < -0.39 is 33.0 Å². The molecule has 0 unspecified atom stereocenters. The lowest BCUT2D eigenvalue weighted by Crippen LogP contribution is -2.11. The Labute approximate surface area is 119 Å². The van der Waals surface area contributed by atoms with Crippen LogP contribution in [0.4, 0.5) is 24.5 Å². The van der Waals surface area contributed by atoms with Gasteiger partial charge in [0.15, 0.2) is 9.84 Å². The van der Waals surface area contributed by atoms with Crippen molar-refractivity contribution in [1.82, 2.24) is 0 Å². The van der Waals surface area contributed by atoms with Gasteiger partial charge in [-0.15, -0.1) is 0 Å². The summed E-state index contributed by atoms with van der Waals surface area (Å²) in [5, 5.41) is 13.4. The second-order valence-corrected chi connectivity index (χ2v) is 6.37. The number of hydrogen-bond donors (Lipinski definition) is 1. The van der Waals surface area contributed by atoms with Crippen LogP contribution in [0, 0.1) is 10.1 Å². The molecule has 0 saturated heterocycles. The third kappa shape index (κ3) is 5.58.